The number of nitrogens with zero attached hydrogens (tertiary/aromatic N) is 5. The molecule has 0 bridgehead atoms. The summed E-state index contributed by atoms with van der Waals surface area (Å²) < 4.78 is 15.8. The Hall–Kier alpha value is -8.68. The van der Waals surface area contributed by atoms with Crippen LogP contribution in [0.2, 0.25) is 0 Å². The molecule has 13 aromatic rings. The van der Waals surface area contributed by atoms with E-state index in [1.54, 1.807) is 0 Å². The smallest absolute Gasteiger partial charge is 0.227 e. The predicted molar refractivity (Wildman–Crippen MR) is 254 cm³/mol. The summed E-state index contributed by atoms with van der Waals surface area (Å²) in [5.41, 5.74) is 11.8. The molecule has 0 saturated heterocycles. The van der Waals surface area contributed by atoms with E-state index in [4.69, 9.17) is 28.8 Å². The fraction of sp³-hybridized carbons (Fsp3) is 0. The third kappa shape index (κ3) is 5.60. The molecule has 13 rings (SSSR count). The number of oxazole rings is 1. The van der Waals surface area contributed by atoms with Crippen LogP contribution in [0.3, 0.4) is 0 Å². The van der Waals surface area contributed by atoms with Gasteiger partial charge in [0, 0.05) is 60.4 Å². The van der Waals surface area contributed by atoms with Crippen LogP contribution in [-0.2, 0) is 0 Å². The van der Waals surface area contributed by atoms with Crippen LogP contribution in [0.5, 0.6) is 0 Å². The van der Waals surface area contributed by atoms with E-state index in [0.717, 1.165) is 93.9 Å². The summed E-state index contributed by atoms with van der Waals surface area (Å²) in [6.45, 7) is 0. The third-order valence-electron chi connectivity index (χ3n) is 12.1. The lowest BCUT2D eigenvalue weighted by molar-refractivity contribution is 0.623. The van der Waals surface area contributed by atoms with Gasteiger partial charge in [-0.2, -0.15) is 0 Å². The number of benzene rings is 9. The molecule has 63 heavy (non-hydrogen) atoms. The first-order valence-electron chi connectivity index (χ1n) is 21.0. The lowest BCUT2D eigenvalue weighted by Gasteiger charge is -2.13. The van der Waals surface area contributed by atoms with Crippen molar-refractivity contribution in [2.24, 2.45) is 0 Å². The van der Waals surface area contributed by atoms with Crippen LogP contribution in [0.4, 0.5) is 0 Å². The second-order valence-electron chi connectivity index (χ2n) is 15.8. The summed E-state index contributed by atoms with van der Waals surface area (Å²) in [5.74, 6) is 2.28. The van der Waals surface area contributed by atoms with Gasteiger partial charge in [-0.05, 0) is 71.6 Å². The number of aromatic nitrogens is 5. The van der Waals surface area contributed by atoms with Gasteiger partial charge >= 0.3 is 0 Å². The van der Waals surface area contributed by atoms with Gasteiger partial charge in [0.05, 0.1) is 11.0 Å². The Morgan fingerprint density at radius 1 is 0.365 bits per heavy atom. The van der Waals surface area contributed by atoms with Gasteiger partial charge in [-0.15, -0.1) is 0 Å². The first-order valence-corrected chi connectivity index (χ1v) is 21.0. The summed E-state index contributed by atoms with van der Waals surface area (Å²) in [6, 6.07) is 68.6. The fourth-order valence-electron chi connectivity index (χ4n) is 9.24. The van der Waals surface area contributed by atoms with Crippen LogP contribution in [0.15, 0.2) is 209 Å². The van der Waals surface area contributed by atoms with Crippen LogP contribution in [0.1, 0.15) is 0 Å². The number of hydrogen-bond donors (Lipinski definition) is 0. The summed E-state index contributed by atoms with van der Waals surface area (Å²) in [7, 11) is 0. The number of hydrogen-bond acceptors (Lipinski definition) is 6. The van der Waals surface area contributed by atoms with Crippen molar-refractivity contribution in [1.82, 2.24) is 24.5 Å². The van der Waals surface area contributed by atoms with E-state index < -0.39 is 0 Å². The highest BCUT2D eigenvalue weighted by molar-refractivity contribution is 6.20. The summed E-state index contributed by atoms with van der Waals surface area (Å²) in [5, 5.41) is 6.32. The second kappa shape index (κ2) is 13.9. The standard InChI is InChI=1S/C56H33N5O2/c1-3-15-35(16-4-1)53-58-54(37-20-13-21-38(33-37)61-46-26-10-7-22-39(46)40-23-8-11-27-47(40)61)60-55(59-53)44-31-30-42(51-50(44)43-24-9-12-28-48(43)62-51)41-25-14-19-34-29-32-45-52(49(34)41)63-56(57-45)36-17-5-2-6-18-36/h1-33H. The Balaban J connectivity index is 1.03. The van der Waals surface area contributed by atoms with Gasteiger partial charge in [-0.3, -0.25) is 0 Å². The molecule has 0 amide bonds. The molecule has 0 N–H and O–H groups in total. The van der Waals surface area contributed by atoms with Gasteiger partial charge in [0.25, 0.3) is 0 Å². The number of rotatable bonds is 6. The van der Waals surface area contributed by atoms with Crippen molar-refractivity contribution in [3.05, 3.63) is 200 Å². The van der Waals surface area contributed by atoms with E-state index in [9.17, 15) is 0 Å². The minimum atomic E-state index is 0.548. The molecule has 294 valence electrons. The van der Waals surface area contributed by atoms with Crippen molar-refractivity contribution >= 4 is 65.6 Å². The van der Waals surface area contributed by atoms with Gasteiger partial charge in [0.15, 0.2) is 23.1 Å². The highest BCUT2D eigenvalue weighted by Gasteiger charge is 2.23. The third-order valence-corrected chi connectivity index (χ3v) is 12.1. The van der Waals surface area contributed by atoms with E-state index in [0.29, 0.717) is 23.4 Å². The molecule has 7 heteroatoms. The maximum atomic E-state index is 6.87. The maximum absolute atomic E-state index is 6.87. The summed E-state index contributed by atoms with van der Waals surface area (Å²) >= 11 is 0. The topological polar surface area (TPSA) is 82.8 Å². The first kappa shape index (κ1) is 35.1. The zero-order chi connectivity index (χ0) is 41.4. The van der Waals surface area contributed by atoms with Gasteiger partial charge in [0.1, 0.15) is 16.7 Å². The molecule has 4 heterocycles. The maximum Gasteiger partial charge on any atom is 0.227 e. The van der Waals surface area contributed by atoms with Crippen LogP contribution in [0, 0.1) is 0 Å². The van der Waals surface area contributed by atoms with Crippen LogP contribution < -0.4 is 0 Å². The quantitative estimate of drug-likeness (QED) is 0.166. The van der Waals surface area contributed by atoms with Gasteiger partial charge in [-0.25, -0.2) is 19.9 Å². The summed E-state index contributed by atoms with van der Waals surface area (Å²) in [6.07, 6.45) is 0. The molecule has 0 saturated carbocycles. The normalized spacial score (nSPS) is 11.8. The summed E-state index contributed by atoms with van der Waals surface area (Å²) in [4.78, 5) is 20.6. The Kier molecular flexibility index (Phi) is 7.77. The zero-order valence-corrected chi connectivity index (χ0v) is 33.6. The van der Waals surface area contributed by atoms with Crippen LogP contribution in [0.25, 0.3) is 128 Å². The molecule has 0 fully saturated rings. The van der Waals surface area contributed by atoms with Crippen LogP contribution >= 0.6 is 0 Å². The van der Waals surface area contributed by atoms with Gasteiger partial charge in [0.2, 0.25) is 5.89 Å². The molecule has 0 atom stereocenters. The molecule has 9 aromatic carbocycles. The molecule has 0 aliphatic rings. The largest absolute Gasteiger partial charge is 0.455 e. The molecule has 4 aromatic heterocycles. The number of fused-ring (bicyclic) bond motifs is 9. The average molecular weight is 808 g/mol. The highest BCUT2D eigenvalue weighted by atomic mass is 16.3. The fourth-order valence-corrected chi connectivity index (χ4v) is 9.24. The minimum Gasteiger partial charge on any atom is -0.455 e. The second-order valence-corrected chi connectivity index (χ2v) is 15.8. The monoisotopic (exact) mass is 807 g/mol. The lowest BCUT2D eigenvalue weighted by Crippen LogP contribution is -2.01. The molecule has 7 nitrogen and oxygen atoms in total. The van der Waals surface area contributed by atoms with E-state index >= 15 is 0 Å². The van der Waals surface area contributed by atoms with Crippen molar-refractivity contribution in [1.29, 1.82) is 0 Å². The van der Waals surface area contributed by atoms with Crippen molar-refractivity contribution in [2.45, 2.75) is 0 Å². The van der Waals surface area contributed by atoms with Crippen molar-refractivity contribution < 1.29 is 8.83 Å². The first-order chi connectivity index (χ1) is 31.2. The highest BCUT2D eigenvalue weighted by Crippen LogP contribution is 2.45. The minimum absolute atomic E-state index is 0.548. The van der Waals surface area contributed by atoms with Crippen molar-refractivity contribution in [3.8, 4) is 62.4 Å². The van der Waals surface area contributed by atoms with E-state index in [1.165, 1.54) is 10.8 Å². The molecule has 0 aliphatic carbocycles. The molecule has 0 unspecified atom stereocenters. The molecule has 0 spiro atoms. The Labute approximate surface area is 360 Å². The Bertz CT molecular complexity index is 3870. The van der Waals surface area contributed by atoms with Gasteiger partial charge < -0.3 is 13.4 Å². The Morgan fingerprint density at radius 2 is 0.984 bits per heavy atom. The predicted octanol–water partition coefficient (Wildman–Crippen LogP) is 14.5. The van der Waals surface area contributed by atoms with E-state index in [2.05, 4.69) is 120 Å². The molecule has 0 radical (unpaired) electrons. The molecular weight excluding hydrogens is 775 g/mol. The number of furan rings is 1. The molecule has 0 aliphatic heterocycles. The zero-order valence-electron chi connectivity index (χ0n) is 33.6. The molecular formula is C56H33N5O2. The Morgan fingerprint density at radius 3 is 1.76 bits per heavy atom. The van der Waals surface area contributed by atoms with Gasteiger partial charge in [-0.1, -0.05) is 140 Å². The van der Waals surface area contributed by atoms with Crippen molar-refractivity contribution in [3.63, 3.8) is 0 Å². The van der Waals surface area contributed by atoms with Crippen LogP contribution in [-0.4, -0.2) is 24.5 Å². The SMILES string of the molecule is c1ccc(-c2nc(-c3cccc(-n4c5ccccc5c5ccccc54)c3)nc(-c3ccc(-c4cccc5ccc6nc(-c7ccccc7)oc6c45)c4oc5ccccc5c34)n2)cc1. The van der Waals surface area contributed by atoms with E-state index in [1.807, 2.05) is 84.9 Å². The number of para-hydroxylation sites is 3. The average Bonchev–Trinajstić information content (AvgIpc) is 4.07. The van der Waals surface area contributed by atoms with Crippen molar-refractivity contribution in [2.75, 3.05) is 0 Å². The lowest BCUT2D eigenvalue weighted by atomic mass is 9.94. The van der Waals surface area contributed by atoms with E-state index in [-0.39, 0.29) is 0 Å².